The number of carboxylic acids is 1. The minimum atomic E-state index is -1.23. The van der Waals surface area contributed by atoms with Crippen molar-refractivity contribution in [2.24, 2.45) is 0 Å². The van der Waals surface area contributed by atoms with E-state index in [-0.39, 0.29) is 17.9 Å². The minimum Gasteiger partial charge on any atom is -0.481 e. The molecule has 2 N–H and O–H groups in total. The highest BCUT2D eigenvalue weighted by Gasteiger charge is 2.33. The van der Waals surface area contributed by atoms with Crippen LogP contribution in [0.5, 0.6) is 0 Å². The van der Waals surface area contributed by atoms with Crippen LogP contribution in [0, 0.1) is 25.5 Å². The highest BCUT2D eigenvalue weighted by molar-refractivity contribution is 5.82. The molecule has 2 fully saturated rings. The molecule has 3 aliphatic rings. The highest BCUT2D eigenvalue weighted by atomic mass is 19.1. The number of nitrogens with one attached hydrogen (secondary N) is 1. The number of carboxylic acid groups (broad SMARTS) is 1. The van der Waals surface area contributed by atoms with Crippen LogP contribution >= 0.6 is 0 Å². The number of nitrogens with zero attached hydrogens (tertiary/aromatic N) is 2. The van der Waals surface area contributed by atoms with E-state index in [9.17, 15) is 23.9 Å². The molecule has 2 atom stereocenters. The molecule has 1 amide bonds. The van der Waals surface area contributed by atoms with Gasteiger partial charge in [-0.15, -0.1) is 0 Å². The van der Waals surface area contributed by atoms with Gasteiger partial charge in [0, 0.05) is 31.4 Å². The average Bonchev–Trinajstić information content (AvgIpc) is 3.87. The molecule has 0 spiro atoms. The van der Waals surface area contributed by atoms with E-state index in [0.29, 0.717) is 43.6 Å². The van der Waals surface area contributed by atoms with Gasteiger partial charge in [-0.2, -0.15) is 0 Å². The van der Waals surface area contributed by atoms with Crippen LogP contribution in [0.1, 0.15) is 109 Å². The van der Waals surface area contributed by atoms with Gasteiger partial charge in [-0.05, 0) is 110 Å². The topological polar surface area (TPSA) is 91.6 Å². The summed E-state index contributed by atoms with van der Waals surface area (Å²) < 4.78 is 46.0. The molecule has 0 unspecified atom stereocenters. The molecule has 1 saturated carbocycles. The van der Waals surface area contributed by atoms with E-state index in [2.05, 4.69) is 24.4 Å². The summed E-state index contributed by atoms with van der Waals surface area (Å²) in [5.41, 5.74) is 5.34. The Morgan fingerprint density at radius 2 is 1.65 bits per heavy atom. The first-order chi connectivity index (χ1) is 23.5. The number of benzene rings is 2. The van der Waals surface area contributed by atoms with Crippen molar-refractivity contribution < 1.29 is 27.9 Å². The number of likely N-dealkylation sites (tertiary alicyclic amines) is 1. The first-order valence-corrected chi connectivity index (χ1v) is 17.7. The Balaban J connectivity index is 1.42. The number of rotatable bonds is 7. The lowest BCUT2D eigenvalue weighted by Crippen LogP contribution is -2.49. The molecule has 2 bridgehead atoms. The second kappa shape index (κ2) is 14.9. The van der Waals surface area contributed by atoms with Crippen LogP contribution in [0.15, 0.2) is 41.3 Å². The minimum absolute atomic E-state index is 0.0174. The van der Waals surface area contributed by atoms with Crippen molar-refractivity contribution in [3.05, 3.63) is 91.9 Å². The number of fused-ring (bicyclic) bond motifs is 4. The number of carbonyl (C=O) groups excluding carboxylic acids is 1. The zero-order valence-corrected chi connectivity index (χ0v) is 28.4. The molecule has 3 aromatic rings. The number of hydrogen-bond acceptors (Lipinski definition) is 4. The zero-order chi connectivity index (χ0) is 34.8. The summed E-state index contributed by atoms with van der Waals surface area (Å²) in [6.07, 6.45) is 7.31. The molecule has 7 nitrogen and oxygen atoms in total. The van der Waals surface area contributed by atoms with Crippen LogP contribution in [0.2, 0.25) is 0 Å². The standard InChI is InChI=1S/C39H46F3N3O4/c1-23-14-24(2)36-27(15-23)8-6-4-3-5-7-9-34(45-20-25(16-32(41)39(45)49)12-13-44-21-29(40)22-44)38(48)43-33(19-35(46)47)31-18-28(36)17-30(37(31)42)26-10-11-26/h14-18,20,26,29,33-34H,3-13,19,21-22H2,1-2H3,(H,43,48)(H,46,47)/t33-,34-/m0/s1. The monoisotopic (exact) mass is 677 g/mol. The van der Waals surface area contributed by atoms with Crippen LogP contribution in [0.25, 0.3) is 11.1 Å². The van der Waals surface area contributed by atoms with E-state index in [1.807, 2.05) is 17.9 Å². The number of halogens is 3. The summed E-state index contributed by atoms with van der Waals surface area (Å²) in [5, 5.41) is 12.8. The largest absolute Gasteiger partial charge is 0.481 e. The third kappa shape index (κ3) is 8.11. The number of aliphatic carboxylic acids is 1. The molecule has 262 valence electrons. The van der Waals surface area contributed by atoms with Gasteiger partial charge in [-0.3, -0.25) is 19.3 Å². The molecule has 10 heteroatoms. The van der Waals surface area contributed by atoms with Gasteiger partial charge >= 0.3 is 5.97 Å². The Kier molecular flexibility index (Phi) is 10.6. The average molecular weight is 678 g/mol. The van der Waals surface area contributed by atoms with Crippen molar-refractivity contribution in [3.8, 4) is 11.1 Å². The molecule has 49 heavy (non-hydrogen) atoms. The molecule has 1 saturated heterocycles. The predicted molar refractivity (Wildman–Crippen MR) is 183 cm³/mol. The van der Waals surface area contributed by atoms with Crippen molar-refractivity contribution >= 4 is 11.9 Å². The van der Waals surface area contributed by atoms with Gasteiger partial charge in [-0.25, -0.2) is 13.2 Å². The maximum atomic E-state index is 16.5. The molecular formula is C39H46F3N3O4. The molecule has 6 rings (SSSR count). The highest BCUT2D eigenvalue weighted by Crippen LogP contribution is 2.45. The fourth-order valence-electron chi connectivity index (χ4n) is 7.65. The molecule has 2 aliphatic heterocycles. The van der Waals surface area contributed by atoms with Crippen LogP contribution in [-0.4, -0.2) is 52.3 Å². The maximum Gasteiger partial charge on any atom is 0.305 e. The number of pyridine rings is 1. The molecule has 2 aromatic carbocycles. The summed E-state index contributed by atoms with van der Waals surface area (Å²) in [6.45, 7) is 5.20. The molecule has 1 aromatic heterocycles. The first kappa shape index (κ1) is 34.9. The lowest BCUT2D eigenvalue weighted by molar-refractivity contribution is -0.138. The third-order valence-corrected chi connectivity index (χ3v) is 10.3. The second-order valence-corrected chi connectivity index (χ2v) is 14.4. The Bertz CT molecular complexity index is 1780. The Morgan fingerprint density at radius 3 is 2.37 bits per heavy atom. The van der Waals surface area contributed by atoms with Gasteiger partial charge in [0.1, 0.15) is 18.0 Å². The van der Waals surface area contributed by atoms with Gasteiger partial charge in [0.05, 0.1) is 12.5 Å². The first-order valence-electron chi connectivity index (χ1n) is 17.7. The van der Waals surface area contributed by atoms with Crippen LogP contribution in [0.3, 0.4) is 0 Å². The van der Waals surface area contributed by atoms with Gasteiger partial charge in [0.2, 0.25) is 5.91 Å². The maximum absolute atomic E-state index is 16.5. The predicted octanol–water partition coefficient (Wildman–Crippen LogP) is 7.25. The summed E-state index contributed by atoms with van der Waals surface area (Å²) >= 11 is 0. The molecule has 0 radical (unpaired) electrons. The Labute approximate surface area is 285 Å². The van der Waals surface area contributed by atoms with Crippen molar-refractivity contribution in [2.45, 2.75) is 109 Å². The number of hydrogen-bond donors (Lipinski definition) is 2. The van der Waals surface area contributed by atoms with Gasteiger partial charge in [-0.1, -0.05) is 43.4 Å². The summed E-state index contributed by atoms with van der Waals surface area (Å²) in [5.74, 6) is -3.38. The zero-order valence-electron chi connectivity index (χ0n) is 28.4. The lowest BCUT2D eigenvalue weighted by atomic mass is 9.86. The number of amides is 1. The van der Waals surface area contributed by atoms with Crippen molar-refractivity contribution in [3.63, 3.8) is 0 Å². The summed E-state index contributed by atoms with van der Waals surface area (Å²) in [4.78, 5) is 41.5. The summed E-state index contributed by atoms with van der Waals surface area (Å²) in [7, 11) is 0. The molecule has 1 aliphatic carbocycles. The third-order valence-electron chi connectivity index (χ3n) is 10.3. The van der Waals surface area contributed by atoms with Crippen molar-refractivity contribution in [1.29, 1.82) is 0 Å². The number of carbonyl (C=O) groups is 2. The van der Waals surface area contributed by atoms with Gasteiger partial charge < -0.3 is 15.0 Å². The van der Waals surface area contributed by atoms with E-state index in [1.165, 1.54) is 11.8 Å². The van der Waals surface area contributed by atoms with Crippen LogP contribution in [-0.2, 0) is 22.4 Å². The second-order valence-electron chi connectivity index (χ2n) is 14.4. The van der Waals surface area contributed by atoms with Crippen molar-refractivity contribution in [2.75, 3.05) is 19.6 Å². The number of aromatic nitrogens is 1. The SMILES string of the molecule is Cc1cc(C)c2c(c1)CCCCCCC[C@H](n1cc(CCN3CC(F)C3)cc(F)c1=O)C(=O)N[C@@H](CC(=O)O)c1cc-2cc(C2CC2)c1F. The Morgan fingerprint density at radius 1 is 0.939 bits per heavy atom. The van der Waals surface area contributed by atoms with Crippen LogP contribution in [0.4, 0.5) is 13.2 Å². The van der Waals surface area contributed by atoms with Crippen LogP contribution < -0.4 is 10.9 Å². The normalized spacial score (nSPS) is 21.1. The smallest absolute Gasteiger partial charge is 0.305 e. The van der Waals surface area contributed by atoms with E-state index in [0.717, 1.165) is 77.8 Å². The van der Waals surface area contributed by atoms with E-state index in [1.54, 1.807) is 6.07 Å². The van der Waals surface area contributed by atoms with E-state index < -0.39 is 53.7 Å². The van der Waals surface area contributed by atoms with Gasteiger partial charge in [0.25, 0.3) is 5.56 Å². The molecular weight excluding hydrogens is 631 g/mol. The lowest BCUT2D eigenvalue weighted by Gasteiger charge is -2.34. The van der Waals surface area contributed by atoms with Gasteiger partial charge in [0.15, 0.2) is 5.82 Å². The molecule has 3 heterocycles. The van der Waals surface area contributed by atoms with Crippen molar-refractivity contribution in [1.82, 2.24) is 14.8 Å². The fourth-order valence-corrected chi connectivity index (χ4v) is 7.65. The van der Waals surface area contributed by atoms with E-state index in [4.69, 9.17) is 0 Å². The summed E-state index contributed by atoms with van der Waals surface area (Å²) in [6, 6.07) is 6.66. The number of aryl methyl sites for hydroxylation is 3. The van der Waals surface area contributed by atoms with E-state index >= 15 is 8.78 Å². The quantitative estimate of drug-likeness (QED) is 0.275. The fraction of sp³-hybridized carbons (Fsp3) is 0.513. The Hall–Kier alpha value is -3.92. The number of alkyl halides is 1.